The van der Waals surface area contributed by atoms with Crippen LogP contribution in [0.3, 0.4) is 0 Å². The van der Waals surface area contributed by atoms with Gasteiger partial charge in [-0.25, -0.2) is 0 Å². The molecular weight excluding hydrogens is 436 g/mol. The Morgan fingerprint density at radius 1 is 1.26 bits per heavy atom. The number of rotatable bonds is 4. The van der Waals surface area contributed by atoms with Crippen molar-refractivity contribution in [1.29, 1.82) is 5.26 Å². The summed E-state index contributed by atoms with van der Waals surface area (Å²) >= 11 is 0. The number of ketones is 1. The number of benzene rings is 2. The number of allylic oxidation sites excluding steroid dienone is 3. The Bertz CT molecular complexity index is 1320. The van der Waals surface area contributed by atoms with Crippen molar-refractivity contribution in [3.05, 3.63) is 80.8 Å². The second-order valence-electron chi connectivity index (χ2n) is 9.19. The third-order valence-electron chi connectivity index (χ3n) is 6.22. The number of nitrogens with zero attached hydrogens (tertiary/aromatic N) is 3. The quantitative estimate of drug-likeness (QED) is 0.509. The third-order valence-corrected chi connectivity index (χ3v) is 6.22. The number of nitrogens with two attached hydrogens (primary N) is 1. The molecule has 1 heterocycles. The zero-order valence-electron chi connectivity index (χ0n) is 19.0. The Kier molecular flexibility index (Phi) is 5.53. The summed E-state index contributed by atoms with van der Waals surface area (Å²) < 4.78 is 5.24. The number of carbonyl (C=O) groups is 1. The molecule has 2 aromatic carbocycles. The van der Waals surface area contributed by atoms with Gasteiger partial charge in [0.25, 0.3) is 5.69 Å². The number of nitro groups is 1. The average Bonchev–Trinajstić information content (AvgIpc) is 2.78. The van der Waals surface area contributed by atoms with Crippen LogP contribution in [0.5, 0.6) is 11.5 Å². The summed E-state index contributed by atoms with van der Waals surface area (Å²) in [5.74, 6) is -0.641. The first-order chi connectivity index (χ1) is 16.1. The molecule has 0 aromatic heterocycles. The lowest BCUT2D eigenvalue weighted by atomic mass is 9.68. The summed E-state index contributed by atoms with van der Waals surface area (Å²) in [4.78, 5) is 26.0. The van der Waals surface area contributed by atoms with Crippen LogP contribution in [-0.4, -0.2) is 22.9 Å². The Balaban J connectivity index is 2.00. The van der Waals surface area contributed by atoms with Crippen LogP contribution in [0, 0.1) is 26.9 Å². The van der Waals surface area contributed by atoms with Gasteiger partial charge in [-0.15, -0.1) is 0 Å². The molecule has 0 spiro atoms. The number of aromatic hydroxyl groups is 1. The molecule has 4 rings (SSSR count). The Morgan fingerprint density at radius 2 is 2.00 bits per heavy atom. The molecule has 0 radical (unpaired) electrons. The van der Waals surface area contributed by atoms with Crippen molar-refractivity contribution in [2.24, 2.45) is 11.1 Å². The van der Waals surface area contributed by atoms with Gasteiger partial charge in [0, 0.05) is 29.8 Å². The number of Topliss-reactive ketones (excluding diaryl/α,β-unsaturated/α-hetero) is 1. The molecule has 1 aliphatic heterocycles. The van der Waals surface area contributed by atoms with Gasteiger partial charge >= 0.3 is 0 Å². The summed E-state index contributed by atoms with van der Waals surface area (Å²) in [5.41, 5.74) is 8.19. The molecule has 2 aromatic rings. The van der Waals surface area contributed by atoms with Crippen molar-refractivity contribution in [3.63, 3.8) is 0 Å². The summed E-state index contributed by atoms with van der Waals surface area (Å²) in [7, 11) is 1.41. The highest BCUT2D eigenvalue weighted by Gasteiger charge is 2.45. The van der Waals surface area contributed by atoms with E-state index in [0.717, 1.165) is 0 Å². The van der Waals surface area contributed by atoms with Crippen molar-refractivity contribution < 1.29 is 19.6 Å². The van der Waals surface area contributed by atoms with Crippen molar-refractivity contribution in [2.45, 2.75) is 32.6 Å². The van der Waals surface area contributed by atoms with Crippen LogP contribution in [0.25, 0.3) is 0 Å². The minimum Gasteiger partial charge on any atom is -0.504 e. The van der Waals surface area contributed by atoms with Gasteiger partial charge in [0.05, 0.1) is 35.3 Å². The summed E-state index contributed by atoms with van der Waals surface area (Å²) in [5, 5.41) is 31.6. The van der Waals surface area contributed by atoms with Gasteiger partial charge in [0.2, 0.25) is 0 Å². The summed E-state index contributed by atoms with van der Waals surface area (Å²) in [6.07, 6.45) is 0.751. The van der Waals surface area contributed by atoms with E-state index in [-0.39, 0.29) is 46.2 Å². The predicted molar refractivity (Wildman–Crippen MR) is 125 cm³/mol. The number of methoxy groups -OCH3 is 1. The highest BCUT2D eigenvalue weighted by atomic mass is 16.6. The molecule has 0 saturated carbocycles. The summed E-state index contributed by atoms with van der Waals surface area (Å²) in [6.45, 7) is 3.94. The molecule has 0 amide bonds. The highest BCUT2D eigenvalue weighted by Crippen LogP contribution is 2.51. The number of non-ortho nitro benzene ring substituents is 1. The Morgan fingerprint density at radius 3 is 2.65 bits per heavy atom. The van der Waals surface area contributed by atoms with E-state index in [2.05, 4.69) is 6.07 Å². The van der Waals surface area contributed by atoms with Crippen LogP contribution < -0.4 is 15.4 Å². The van der Waals surface area contributed by atoms with E-state index in [4.69, 9.17) is 10.5 Å². The smallest absolute Gasteiger partial charge is 0.271 e. The minimum absolute atomic E-state index is 0.0685. The number of ether oxygens (including phenoxy) is 1. The molecule has 9 heteroatoms. The lowest BCUT2D eigenvalue weighted by Crippen LogP contribution is -2.42. The molecule has 3 N–H and O–H groups in total. The molecule has 9 nitrogen and oxygen atoms in total. The second-order valence-corrected chi connectivity index (χ2v) is 9.19. The van der Waals surface area contributed by atoms with E-state index in [1.807, 2.05) is 13.8 Å². The third kappa shape index (κ3) is 3.73. The Labute approximate surface area is 196 Å². The molecule has 2 aliphatic rings. The summed E-state index contributed by atoms with van der Waals surface area (Å²) in [6, 6.07) is 12.8. The number of phenolic OH excluding ortho intramolecular Hbond substituents is 1. The van der Waals surface area contributed by atoms with Gasteiger partial charge in [-0.05, 0) is 35.6 Å². The normalized spacial score (nSPS) is 19.5. The van der Waals surface area contributed by atoms with Gasteiger partial charge in [0.1, 0.15) is 5.82 Å². The number of anilines is 1. The predicted octanol–water partition coefficient (Wildman–Crippen LogP) is 4.25. The highest BCUT2D eigenvalue weighted by molar-refractivity contribution is 6.01. The molecule has 34 heavy (non-hydrogen) atoms. The molecule has 1 unspecified atom stereocenters. The van der Waals surface area contributed by atoms with Crippen molar-refractivity contribution >= 4 is 17.2 Å². The molecule has 1 atom stereocenters. The number of hydrogen-bond acceptors (Lipinski definition) is 8. The van der Waals surface area contributed by atoms with Crippen LogP contribution in [0.15, 0.2) is 65.1 Å². The molecule has 0 bridgehead atoms. The van der Waals surface area contributed by atoms with E-state index in [1.165, 1.54) is 25.3 Å². The first-order valence-corrected chi connectivity index (χ1v) is 10.7. The van der Waals surface area contributed by atoms with Gasteiger partial charge in [-0.3, -0.25) is 19.8 Å². The van der Waals surface area contributed by atoms with Gasteiger partial charge < -0.3 is 15.6 Å². The maximum Gasteiger partial charge on any atom is 0.271 e. The zero-order valence-corrected chi connectivity index (χ0v) is 19.0. The van der Waals surface area contributed by atoms with Crippen LogP contribution in [0.2, 0.25) is 0 Å². The van der Waals surface area contributed by atoms with E-state index in [1.54, 1.807) is 29.2 Å². The Hall–Kier alpha value is -4.32. The van der Waals surface area contributed by atoms with Crippen LogP contribution in [0.1, 0.15) is 38.2 Å². The van der Waals surface area contributed by atoms with Gasteiger partial charge in [-0.1, -0.05) is 26.0 Å². The zero-order chi connectivity index (χ0) is 24.8. The molecule has 174 valence electrons. The molecule has 0 saturated heterocycles. The van der Waals surface area contributed by atoms with Gasteiger partial charge in [-0.2, -0.15) is 5.26 Å². The maximum absolute atomic E-state index is 13.5. The van der Waals surface area contributed by atoms with E-state index < -0.39 is 10.8 Å². The lowest BCUT2D eigenvalue weighted by Gasteiger charge is -2.43. The number of nitriles is 1. The standard InChI is InChI=1S/C25H24N4O5/c1-25(2)11-18-23(20(31)12-25)22(14-7-8-19(30)21(9-14)34-3)17(13-26)24(27)28(18)15-5-4-6-16(10-15)29(32)33/h4-10,22,30H,11-12,27H2,1-3H3. The molecule has 0 fully saturated rings. The van der Waals surface area contributed by atoms with Crippen LogP contribution in [0.4, 0.5) is 11.4 Å². The SMILES string of the molecule is COc1cc(C2C(C#N)=C(N)N(c3cccc([N+](=O)[O-])c3)C3=C2C(=O)CC(C)(C)C3)ccc1O. The first kappa shape index (κ1) is 22.9. The van der Waals surface area contributed by atoms with Crippen molar-refractivity contribution in [2.75, 3.05) is 12.0 Å². The van der Waals surface area contributed by atoms with E-state index >= 15 is 0 Å². The number of nitro benzene ring substituents is 1. The van der Waals surface area contributed by atoms with Gasteiger partial charge in [0.15, 0.2) is 17.3 Å². The fraction of sp³-hybridized carbons (Fsp3) is 0.280. The fourth-order valence-corrected chi connectivity index (χ4v) is 4.76. The topological polar surface area (TPSA) is 143 Å². The van der Waals surface area contributed by atoms with Crippen LogP contribution in [-0.2, 0) is 4.79 Å². The van der Waals surface area contributed by atoms with Crippen molar-refractivity contribution in [1.82, 2.24) is 0 Å². The lowest BCUT2D eigenvalue weighted by molar-refractivity contribution is -0.384. The van der Waals surface area contributed by atoms with Crippen LogP contribution >= 0.6 is 0 Å². The second kappa shape index (κ2) is 8.23. The number of carbonyl (C=O) groups excluding carboxylic acids is 1. The maximum atomic E-state index is 13.5. The minimum atomic E-state index is -0.756. The monoisotopic (exact) mass is 460 g/mol. The fourth-order valence-electron chi connectivity index (χ4n) is 4.76. The van der Waals surface area contributed by atoms with Crippen molar-refractivity contribution in [3.8, 4) is 17.6 Å². The average molecular weight is 460 g/mol. The molecule has 1 aliphatic carbocycles. The van der Waals surface area contributed by atoms with E-state index in [9.17, 15) is 25.3 Å². The van der Waals surface area contributed by atoms with E-state index in [0.29, 0.717) is 28.9 Å². The number of hydrogen-bond donors (Lipinski definition) is 2. The number of phenols is 1. The largest absolute Gasteiger partial charge is 0.504 e. The molecular formula is C25H24N4O5. The first-order valence-electron chi connectivity index (χ1n) is 10.7.